The van der Waals surface area contributed by atoms with Crippen molar-refractivity contribution in [3.63, 3.8) is 0 Å². The lowest BCUT2D eigenvalue weighted by atomic mass is 9.97. The van der Waals surface area contributed by atoms with Crippen molar-refractivity contribution < 1.29 is 14.3 Å². The van der Waals surface area contributed by atoms with Gasteiger partial charge in [0.1, 0.15) is 11.4 Å². The number of aryl methyl sites for hydroxylation is 3. The Hall–Kier alpha value is -4.99. The Morgan fingerprint density at radius 1 is 1.00 bits per heavy atom. The Bertz CT molecular complexity index is 1880. The minimum Gasteiger partial charge on any atom is -0.444 e. The third-order valence-electron chi connectivity index (χ3n) is 8.08. The zero-order valence-electron chi connectivity index (χ0n) is 27.4. The molecule has 1 atom stereocenters. The number of fused-ring (bicyclic) bond motifs is 1. The number of likely N-dealkylation sites (tertiary alicyclic amines) is 1. The summed E-state index contributed by atoms with van der Waals surface area (Å²) in [4.78, 5) is 28.4. The number of piperidine rings is 1. The van der Waals surface area contributed by atoms with Crippen molar-refractivity contribution in [2.24, 2.45) is 7.05 Å². The predicted octanol–water partition coefficient (Wildman–Crippen LogP) is 7.24. The third-order valence-corrected chi connectivity index (χ3v) is 8.08. The fourth-order valence-electron chi connectivity index (χ4n) is 5.91. The Morgan fingerprint density at radius 2 is 1.85 bits per heavy atom. The molecule has 10 heteroatoms. The van der Waals surface area contributed by atoms with Gasteiger partial charge in [0.15, 0.2) is 0 Å². The van der Waals surface area contributed by atoms with Crippen molar-refractivity contribution in [1.29, 1.82) is 0 Å². The molecule has 0 saturated carbocycles. The number of amides is 1. The van der Waals surface area contributed by atoms with Crippen LogP contribution in [0.5, 0.6) is 11.6 Å². The molecule has 0 spiro atoms. The van der Waals surface area contributed by atoms with Crippen LogP contribution in [0.3, 0.4) is 0 Å². The second-order valence-electron chi connectivity index (χ2n) is 13.0. The van der Waals surface area contributed by atoms with Gasteiger partial charge >= 0.3 is 6.09 Å². The van der Waals surface area contributed by atoms with E-state index in [4.69, 9.17) is 14.5 Å². The fourth-order valence-corrected chi connectivity index (χ4v) is 5.91. The van der Waals surface area contributed by atoms with Crippen molar-refractivity contribution in [3.05, 3.63) is 89.5 Å². The van der Waals surface area contributed by atoms with E-state index >= 15 is 0 Å². The van der Waals surface area contributed by atoms with E-state index < -0.39 is 5.60 Å². The van der Waals surface area contributed by atoms with Gasteiger partial charge in [-0.2, -0.15) is 5.10 Å². The van der Waals surface area contributed by atoms with Crippen molar-refractivity contribution in [3.8, 4) is 22.9 Å². The van der Waals surface area contributed by atoms with Gasteiger partial charge in [0.25, 0.3) is 0 Å². The molecular formula is C36H41N7O3. The van der Waals surface area contributed by atoms with Crippen molar-refractivity contribution >= 4 is 22.8 Å². The van der Waals surface area contributed by atoms with Gasteiger partial charge in [-0.15, -0.1) is 0 Å². The first-order chi connectivity index (χ1) is 22.0. The molecule has 1 aliphatic heterocycles. The maximum absolute atomic E-state index is 12.7. The second-order valence-corrected chi connectivity index (χ2v) is 13.0. The lowest BCUT2D eigenvalue weighted by Gasteiger charge is -2.34. The number of benzene rings is 2. The van der Waals surface area contributed by atoms with E-state index in [2.05, 4.69) is 57.6 Å². The van der Waals surface area contributed by atoms with Crippen LogP contribution in [-0.4, -0.2) is 60.5 Å². The molecule has 5 aromatic rings. The number of carbonyl (C=O) groups excluding carboxylic acids is 1. The first-order valence-electron chi connectivity index (χ1n) is 15.7. The van der Waals surface area contributed by atoms with E-state index in [0.29, 0.717) is 30.6 Å². The number of nitrogens with one attached hydrogen (secondary N) is 1. The number of pyridine rings is 1. The normalized spacial score (nSPS) is 15.2. The number of aromatic nitrogens is 5. The number of hydrogen-bond acceptors (Lipinski definition) is 8. The number of rotatable bonds is 7. The Labute approximate surface area is 269 Å². The highest BCUT2D eigenvalue weighted by atomic mass is 16.6. The molecule has 4 heterocycles. The van der Waals surface area contributed by atoms with Gasteiger partial charge in [0.2, 0.25) is 11.8 Å². The molecule has 3 aromatic heterocycles. The third kappa shape index (κ3) is 6.96. The topological polar surface area (TPSA) is 107 Å². The number of ether oxygens (including phenoxy) is 2. The summed E-state index contributed by atoms with van der Waals surface area (Å²) in [6, 6.07) is 16.2. The molecule has 0 unspecified atom stereocenters. The van der Waals surface area contributed by atoms with Crippen LogP contribution >= 0.6 is 0 Å². The van der Waals surface area contributed by atoms with Crippen LogP contribution in [0, 0.1) is 13.8 Å². The van der Waals surface area contributed by atoms with Crippen LogP contribution in [0.25, 0.3) is 22.0 Å². The first-order valence-corrected chi connectivity index (χ1v) is 15.7. The summed E-state index contributed by atoms with van der Waals surface area (Å²) >= 11 is 0. The number of carbonyl (C=O) groups is 1. The lowest BCUT2D eigenvalue weighted by molar-refractivity contribution is 0.0206. The van der Waals surface area contributed by atoms with E-state index in [1.54, 1.807) is 17.3 Å². The molecule has 1 saturated heterocycles. The average Bonchev–Trinajstić information content (AvgIpc) is 3.34. The lowest BCUT2D eigenvalue weighted by Crippen LogP contribution is -2.47. The maximum Gasteiger partial charge on any atom is 0.410 e. The molecule has 10 nitrogen and oxygen atoms in total. The van der Waals surface area contributed by atoms with Crippen LogP contribution in [0.15, 0.2) is 67.1 Å². The monoisotopic (exact) mass is 619 g/mol. The summed E-state index contributed by atoms with van der Waals surface area (Å²) < 4.78 is 14.1. The van der Waals surface area contributed by atoms with Crippen molar-refractivity contribution in [1.82, 2.24) is 29.6 Å². The Morgan fingerprint density at radius 3 is 2.63 bits per heavy atom. The van der Waals surface area contributed by atoms with E-state index in [1.807, 2.05) is 63.8 Å². The van der Waals surface area contributed by atoms with E-state index in [1.165, 1.54) is 11.1 Å². The van der Waals surface area contributed by atoms with Gasteiger partial charge in [-0.3, -0.25) is 4.68 Å². The molecule has 238 valence electrons. The van der Waals surface area contributed by atoms with Gasteiger partial charge in [-0.05, 0) is 87.7 Å². The molecule has 1 amide bonds. The molecule has 0 radical (unpaired) electrons. The highest BCUT2D eigenvalue weighted by molar-refractivity contribution is 5.92. The molecule has 2 aromatic carbocycles. The average molecular weight is 620 g/mol. The largest absolute Gasteiger partial charge is 0.444 e. The summed E-state index contributed by atoms with van der Waals surface area (Å²) in [6.45, 7) is 11.0. The Balaban J connectivity index is 1.25. The van der Waals surface area contributed by atoms with Crippen LogP contribution < -0.4 is 10.1 Å². The van der Waals surface area contributed by atoms with Crippen LogP contribution in [0.2, 0.25) is 0 Å². The summed E-state index contributed by atoms with van der Waals surface area (Å²) in [6.07, 6.45) is 7.69. The number of hydrogen-bond donors (Lipinski definition) is 1. The molecule has 1 fully saturated rings. The minimum atomic E-state index is -0.538. The van der Waals surface area contributed by atoms with Crippen LogP contribution in [-0.2, 0) is 18.2 Å². The summed E-state index contributed by atoms with van der Waals surface area (Å²) in [5.41, 5.74) is 5.32. The summed E-state index contributed by atoms with van der Waals surface area (Å²) in [5.74, 6) is 1.70. The van der Waals surface area contributed by atoms with Crippen LogP contribution in [0.4, 0.5) is 10.7 Å². The fraction of sp³-hybridized carbons (Fsp3) is 0.361. The van der Waals surface area contributed by atoms with Gasteiger partial charge < -0.3 is 19.7 Å². The molecule has 1 N–H and O–H groups in total. The van der Waals surface area contributed by atoms with Gasteiger partial charge in [0.05, 0.1) is 17.0 Å². The molecule has 46 heavy (non-hydrogen) atoms. The maximum atomic E-state index is 12.7. The molecule has 0 aliphatic carbocycles. The quantitative estimate of drug-likeness (QED) is 0.203. The first kappa shape index (κ1) is 31.0. The molecule has 1 aliphatic rings. The molecular weight excluding hydrogens is 578 g/mol. The van der Waals surface area contributed by atoms with Crippen molar-refractivity contribution in [2.45, 2.75) is 65.5 Å². The van der Waals surface area contributed by atoms with Crippen molar-refractivity contribution in [2.75, 3.05) is 18.4 Å². The SMILES string of the molecule is Cc1cn(C)nc1Cc1cccc2c(Oc3ncccc3-c3ccnc(N[C@H]4CCCN(C(=O)OC(C)(C)C)C4)n3)c(C)ccc12. The second kappa shape index (κ2) is 12.8. The van der Waals surface area contributed by atoms with Gasteiger partial charge in [-0.1, -0.05) is 30.3 Å². The zero-order valence-corrected chi connectivity index (χ0v) is 27.4. The summed E-state index contributed by atoms with van der Waals surface area (Å²) in [7, 11) is 1.95. The standard InChI is InChI=1S/C36H41N7O3/c1-23-14-15-27-25(20-31-24(2)21-42(6)41-31)10-7-12-28(27)32(23)45-33-29(13-8-17-37-33)30-16-18-38-34(40-30)39-26-11-9-19-43(22-26)35(44)46-36(3,4)5/h7-8,10,12-18,21,26H,9,11,19-20,22H2,1-6H3,(H,38,39,40)/t26-/m0/s1. The van der Waals surface area contributed by atoms with Crippen LogP contribution in [0.1, 0.15) is 56.0 Å². The van der Waals surface area contributed by atoms with Gasteiger partial charge in [0, 0.05) is 56.6 Å². The van der Waals surface area contributed by atoms with E-state index in [0.717, 1.165) is 52.6 Å². The zero-order chi connectivity index (χ0) is 32.4. The van der Waals surface area contributed by atoms with E-state index in [-0.39, 0.29) is 12.1 Å². The minimum absolute atomic E-state index is 0.00328. The Kier molecular flexibility index (Phi) is 8.62. The molecule has 0 bridgehead atoms. The highest BCUT2D eigenvalue weighted by Gasteiger charge is 2.28. The van der Waals surface area contributed by atoms with E-state index in [9.17, 15) is 4.79 Å². The number of anilines is 1. The molecule has 6 rings (SSSR count). The number of nitrogens with zero attached hydrogens (tertiary/aromatic N) is 6. The smallest absolute Gasteiger partial charge is 0.410 e. The summed E-state index contributed by atoms with van der Waals surface area (Å²) in [5, 5.41) is 10.2. The predicted molar refractivity (Wildman–Crippen MR) is 179 cm³/mol. The highest BCUT2D eigenvalue weighted by Crippen LogP contribution is 2.38. The van der Waals surface area contributed by atoms with Gasteiger partial charge in [-0.25, -0.2) is 19.7 Å².